The van der Waals surface area contributed by atoms with Crippen molar-refractivity contribution in [3.8, 4) is 0 Å². The van der Waals surface area contributed by atoms with Crippen LogP contribution in [0.4, 0.5) is 0 Å². The van der Waals surface area contributed by atoms with Crippen molar-refractivity contribution in [2.45, 2.75) is 103 Å². The highest BCUT2D eigenvalue weighted by atomic mass is 16.6. The maximum absolute atomic E-state index is 10.3. The van der Waals surface area contributed by atoms with E-state index in [1.54, 1.807) is 0 Å². The highest BCUT2D eigenvalue weighted by Gasteiger charge is 2.10. The zero-order chi connectivity index (χ0) is 22.2. The van der Waals surface area contributed by atoms with Gasteiger partial charge in [-0.2, -0.15) is 0 Å². The van der Waals surface area contributed by atoms with Crippen molar-refractivity contribution in [1.29, 1.82) is 0 Å². The molecule has 0 saturated carbocycles. The molecule has 1 unspecified atom stereocenters. The van der Waals surface area contributed by atoms with Crippen LogP contribution < -0.4 is 0 Å². The largest absolute Gasteiger partial charge is 0.633 e. The van der Waals surface area contributed by atoms with Gasteiger partial charge in [0.15, 0.2) is 0 Å². The average molecular weight is 418 g/mol. The quantitative estimate of drug-likeness (QED) is 0.124. The van der Waals surface area contributed by atoms with E-state index in [2.05, 4.69) is 23.7 Å². The van der Waals surface area contributed by atoms with Crippen LogP contribution in [0.2, 0.25) is 0 Å². The summed E-state index contributed by atoms with van der Waals surface area (Å²) in [5.74, 6) is -0.664. The third kappa shape index (κ3) is 32.0. The lowest BCUT2D eigenvalue weighted by atomic mass is 10.1. The van der Waals surface area contributed by atoms with E-state index in [-0.39, 0.29) is 6.61 Å². The van der Waals surface area contributed by atoms with Crippen LogP contribution in [0, 0.1) is 0 Å². The van der Waals surface area contributed by atoms with Gasteiger partial charge in [-0.1, -0.05) is 70.4 Å². The molecule has 29 heavy (non-hydrogen) atoms. The summed E-state index contributed by atoms with van der Waals surface area (Å²) in [6, 6.07) is 0. The van der Waals surface area contributed by atoms with Crippen LogP contribution >= 0.6 is 0 Å². The summed E-state index contributed by atoms with van der Waals surface area (Å²) in [5.41, 5.74) is 0. The fourth-order valence-corrected chi connectivity index (χ4v) is 2.60. The van der Waals surface area contributed by atoms with Crippen LogP contribution in [-0.4, -0.2) is 58.0 Å². The minimum Gasteiger partial charge on any atom is -0.481 e. The van der Waals surface area contributed by atoms with E-state index in [0.717, 1.165) is 12.8 Å². The summed E-state index contributed by atoms with van der Waals surface area (Å²) in [6.45, 7) is 1.52. The average Bonchev–Trinajstić information content (AvgIpc) is 2.69. The number of hydrogen-bond donors (Lipinski definition) is 5. The van der Waals surface area contributed by atoms with Crippen LogP contribution in [0.1, 0.15) is 96.8 Å². The van der Waals surface area contributed by atoms with E-state index in [0.29, 0.717) is 6.42 Å². The van der Waals surface area contributed by atoms with Gasteiger partial charge in [-0.05, 0) is 32.1 Å². The van der Waals surface area contributed by atoms with Crippen LogP contribution in [0.5, 0.6) is 0 Å². The van der Waals surface area contributed by atoms with E-state index >= 15 is 0 Å². The van der Waals surface area contributed by atoms with E-state index in [9.17, 15) is 4.79 Å². The Balaban J connectivity index is 0. The number of carboxylic acids is 1. The molecular formula is C21H43BO7. The first kappa shape index (κ1) is 30.3. The number of aliphatic carboxylic acids is 1. The monoisotopic (exact) mass is 418 g/mol. The van der Waals surface area contributed by atoms with Crippen LogP contribution in [-0.2, 0) is 9.45 Å². The second-order valence-electron chi connectivity index (χ2n) is 7.22. The maximum Gasteiger partial charge on any atom is 0.633 e. The van der Waals surface area contributed by atoms with Gasteiger partial charge >= 0.3 is 13.3 Å². The topological polar surface area (TPSA) is 127 Å². The molecule has 0 aromatic rings. The Morgan fingerprint density at radius 3 is 1.83 bits per heavy atom. The predicted octanol–water partition coefficient (Wildman–Crippen LogP) is 3.43. The molecule has 0 aromatic carbocycles. The van der Waals surface area contributed by atoms with Crippen molar-refractivity contribution >= 4 is 13.3 Å². The molecule has 0 heterocycles. The molecule has 7 nitrogen and oxygen atoms in total. The fourth-order valence-electron chi connectivity index (χ4n) is 2.60. The summed E-state index contributed by atoms with van der Waals surface area (Å²) in [4.78, 5) is 10.3. The van der Waals surface area contributed by atoms with Gasteiger partial charge in [0.25, 0.3) is 0 Å². The standard InChI is InChI=1S/C18H34O2.C3H9BO5/c1-2-3-4-5-6-7-8-9-10-11-12-13-14-15-16-17-18(19)20;5-1-3(6)2-9-4(7)8/h9-10H,2-8,11-17H2,1H3,(H,19,20);3,5-8H,1-2H2/b10-9-;. The summed E-state index contributed by atoms with van der Waals surface area (Å²) in [6.07, 6.45) is 20.2. The molecule has 1 atom stereocenters. The number of allylic oxidation sites excluding steroid dienone is 2. The lowest BCUT2D eigenvalue weighted by Crippen LogP contribution is -2.26. The molecule has 0 spiro atoms. The minimum atomic E-state index is -1.88. The zero-order valence-corrected chi connectivity index (χ0v) is 18.2. The van der Waals surface area contributed by atoms with E-state index in [1.807, 2.05) is 0 Å². The Kier molecular flexibility index (Phi) is 26.2. The first-order valence-corrected chi connectivity index (χ1v) is 11.1. The smallest absolute Gasteiger partial charge is 0.481 e. The molecule has 5 N–H and O–H groups in total. The van der Waals surface area contributed by atoms with Gasteiger partial charge < -0.3 is 30.0 Å². The van der Waals surface area contributed by atoms with Gasteiger partial charge in [0, 0.05) is 6.42 Å². The van der Waals surface area contributed by atoms with Crippen molar-refractivity contribution < 1.29 is 34.8 Å². The van der Waals surface area contributed by atoms with Gasteiger partial charge in [0.2, 0.25) is 0 Å². The third-order valence-electron chi connectivity index (χ3n) is 4.30. The Hall–Kier alpha value is -0.925. The van der Waals surface area contributed by atoms with Crippen molar-refractivity contribution in [3.05, 3.63) is 12.2 Å². The Morgan fingerprint density at radius 2 is 1.38 bits per heavy atom. The molecular weight excluding hydrogens is 375 g/mol. The SMILES string of the molecule is CCCCCCCC/C=C\CCCCCCCC(=O)O.OCC(O)COB(O)O. The van der Waals surface area contributed by atoms with Crippen molar-refractivity contribution in [1.82, 2.24) is 0 Å². The predicted molar refractivity (Wildman–Crippen MR) is 116 cm³/mol. The number of hydrogen-bond acceptors (Lipinski definition) is 6. The second-order valence-corrected chi connectivity index (χ2v) is 7.22. The molecule has 0 fully saturated rings. The van der Waals surface area contributed by atoms with Crippen LogP contribution in [0.3, 0.4) is 0 Å². The molecule has 8 heteroatoms. The molecule has 0 aliphatic rings. The van der Waals surface area contributed by atoms with Gasteiger partial charge in [0.05, 0.1) is 19.3 Å². The van der Waals surface area contributed by atoms with E-state index < -0.39 is 26.0 Å². The lowest BCUT2D eigenvalue weighted by molar-refractivity contribution is -0.137. The number of carbonyl (C=O) groups is 1. The molecule has 0 rings (SSSR count). The molecule has 0 radical (unpaired) electrons. The van der Waals surface area contributed by atoms with Crippen LogP contribution in [0.25, 0.3) is 0 Å². The molecule has 0 amide bonds. The van der Waals surface area contributed by atoms with E-state index in [4.69, 9.17) is 25.4 Å². The summed E-state index contributed by atoms with van der Waals surface area (Å²) in [7, 11) is -1.88. The summed E-state index contributed by atoms with van der Waals surface area (Å²) < 4.78 is 4.10. The molecule has 0 aromatic heterocycles. The first-order valence-electron chi connectivity index (χ1n) is 11.1. The second kappa shape index (κ2) is 25.1. The normalized spacial score (nSPS) is 11.9. The number of aliphatic hydroxyl groups is 2. The number of aliphatic hydroxyl groups excluding tert-OH is 2. The lowest BCUT2D eigenvalue weighted by Gasteiger charge is -2.05. The van der Waals surface area contributed by atoms with Gasteiger partial charge in [-0.3, -0.25) is 4.79 Å². The molecule has 172 valence electrons. The van der Waals surface area contributed by atoms with E-state index in [1.165, 1.54) is 70.6 Å². The Labute approximate surface area is 177 Å². The summed E-state index contributed by atoms with van der Waals surface area (Å²) >= 11 is 0. The van der Waals surface area contributed by atoms with Crippen molar-refractivity contribution in [3.63, 3.8) is 0 Å². The Morgan fingerprint density at radius 1 is 0.897 bits per heavy atom. The van der Waals surface area contributed by atoms with Gasteiger partial charge in [0.1, 0.15) is 0 Å². The molecule has 0 aliphatic heterocycles. The molecule has 0 saturated heterocycles. The first-order chi connectivity index (χ1) is 13.9. The van der Waals surface area contributed by atoms with Crippen molar-refractivity contribution in [2.24, 2.45) is 0 Å². The number of rotatable bonds is 19. The van der Waals surface area contributed by atoms with Gasteiger partial charge in [-0.25, -0.2) is 0 Å². The maximum atomic E-state index is 10.3. The third-order valence-corrected chi connectivity index (χ3v) is 4.30. The minimum absolute atomic E-state index is 0.284. The fraction of sp³-hybridized carbons (Fsp3) is 0.857. The van der Waals surface area contributed by atoms with Crippen LogP contribution in [0.15, 0.2) is 12.2 Å². The molecule has 0 aliphatic carbocycles. The Bertz CT molecular complexity index is 365. The van der Waals surface area contributed by atoms with Crippen molar-refractivity contribution in [2.75, 3.05) is 13.2 Å². The highest BCUT2D eigenvalue weighted by molar-refractivity contribution is 6.32. The molecule has 0 bridgehead atoms. The number of unbranched alkanes of at least 4 members (excludes halogenated alkanes) is 11. The van der Waals surface area contributed by atoms with Gasteiger partial charge in [-0.15, -0.1) is 0 Å². The zero-order valence-electron chi connectivity index (χ0n) is 18.2. The highest BCUT2D eigenvalue weighted by Crippen LogP contribution is 2.09. The summed E-state index contributed by atoms with van der Waals surface area (Å²) in [5, 5.41) is 41.2. The number of carboxylic acid groups (broad SMARTS) is 1.